The van der Waals surface area contributed by atoms with Crippen molar-refractivity contribution in [2.75, 3.05) is 19.7 Å². The maximum atomic E-state index is 13.3. The Hall–Kier alpha value is -4.70. The molecule has 41 heavy (non-hydrogen) atoms. The number of benzene rings is 3. The summed E-state index contributed by atoms with van der Waals surface area (Å²) in [5.41, 5.74) is 9.29. The van der Waals surface area contributed by atoms with Gasteiger partial charge >= 0.3 is 5.97 Å². The summed E-state index contributed by atoms with van der Waals surface area (Å²) in [5, 5.41) is 12.1. The minimum Gasteiger partial charge on any atom is -0.508 e. The molecular formula is C31H33N3O7. The Morgan fingerprint density at radius 2 is 1.56 bits per heavy atom. The Kier molecular flexibility index (Phi) is 9.70. The highest BCUT2D eigenvalue weighted by Gasteiger charge is 2.53. The van der Waals surface area contributed by atoms with E-state index in [9.17, 15) is 24.3 Å². The number of hydrogen-bond donors (Lipinski definition) is 3. The number of primary amides is 1. The topological polar surface area (TPSA) is 152 Å². The Morgan fingerprint density at radius 1 is 0.927 bits per heavy atom. The van der Waals surface area contributed by atoms with Gasteiger partial charge in [-0.25, -0.2) is 4.79 Å². The first kappa shape index (κ1) is 29.3. The smallest absolute Gasteiger partial charge is 0.338 e. The zero-order chi connectivity index (χ0) is 29.4. The van der Waals surface area contributed by atoms with E-state index >= 15 is 0 Å². The molecule has 1 fully saturated rings. The Bertz CT molecular complexity index is 1360. The van der Waals surface area contributed by atoms with Crippen LogP contribution in [-0.4, -0.2) is 71.6 Å². The molecule has 1 aliphatic rings. The molecule has 0 aromatic heterocycles. The monoisotopic (exact) mass is 559 g/mol. The zero-order valence-electron chi connectivity index (χ0n) is 22.7. The molecule has 1 heterocycles. The molecule has 0 spiro atoms. The highest BCUT2D eigenvalue weighted by molar-refractivity contribution is 5.95. The van der Waals surface area contributed by atoms with Crippen molar-refractivity contribution in [1.82, 2.24) is 10.2 Å². The van der Waals surface area contributed by atoms with Gasteiger partial charge in [-0.05, 0) is 47.7 Å². The highest BCUT2D eigenvalue weighted by Crippen LogP contribution is 2.26. The van der Waals surface area contributed by atoms with Crippen molar-refractivity contribution >= 4 is 23.7 Å². The van der Waals surface area contributed by atoms with Gasteiger partial charge < -0.3 is 30.5 Å². The number of nitrogens with one attached hydrogen (secondary N) is 1. The normalized spacial score (nSPS) is 16.3. The molecule has 0 bridgehead atoms. The van der Waals surface area contributed by atoms with Gasteiger partial charge in [-0.2, -0.15) is 0 Å². The van der Waals surface area contributed by atoms with Crippen LogP contribution in [0.5, 0.6) is 5.75 Å². The second kappa shape index (κ2) is 13.6. The summed E-state index contributed by atoms with van der Waals surface area (Å²) in [7, 11) is 0. The summed E-state index contributed by atoms with van der Waals surface area (Å²) in [6.07, 6.45) is -1.49. The summed E-state index contributed by atoms with van der Waals surface area (Å²) in [5.74, 6) is -2.41. The number of esters is 1. The first-order valence-corrected chi connectivity index (χ1v) is 13.4. The molecule has 3 atom stereocenters. The molecule has 0 radical (unpaired) electrons. The fourth-order valence-electron chi connectivity index (χ4n) is 4.41. The van der Waals surface area contributed by atoms with Crippen molar-refractivity contribution in [2.24, 2.45) is 5.73 Å². The number of aromatic hydroxyl groups is 1. The maximum absolute atomic E-state index is 13.3. The van der Waals surface area contributed by atoms with Crippen LogP contribution in [0.3, 0.4) is 0 Å². The number of nitrogens with two attached hydrogens (primary N) is 1. The van der Waals surface area contributed by atoms with Crippen LogP contribution in [0.15, 0.2) is 78.9 Å². The van der Waals surface area contributed by atoms with Gasteiger partial charge in [-0.3, -0.25) is 14.4 Å². The van der Waals surface area contributed by atoms with Crippen LogP contribution in [0.2, 0.25) is 0 Å². The third-order valence-electron chi connectivity index (χ3n) is 6.69. The number of ether oxygens (including phenoxy) is 2. The van der Waals surface area contributed by atoms with E-state index < -0.39 is 41.9 Å². The molecule has 3 aromatic carbocycles. The predicted octanol–water partition coefficient (Wildman–Crippen LogP) is 1.97. The first-order chi connectivity index (χ1) is 19.7. The molecule has 1 aliphatic heterocycles. The number of phenolic OH excluding ortho intramolecular Hbond substituents is 1. The SMILES string of the molecule is CCOC(=O)[C@H]1O[C@@H]1C(=O)N(CCc1ccc(-c2ccccc2)cc1)CC(=O)N[C@@H](Cc1ccc(O)cc1)C(N)=O. The van der Waals surface area contributed by atoms with Crippen molar-refractivity contribution in [2.45, 2.75) is 38.0 Å². The molecule has 0 unspecified atom stereocenters. The molecule has 3 amide bonds. The Balaban J connectivity index is 1.42. The molecule has 4 N–H and O–H groups in total. The molecule has 1 saturated heterocycles. The van der Waals surface area contributed by atoms with Gasteiger partial charge in [-0.15, -0.1) is 0 Å². The van der Waals surface area contributed by atoms with Crippen molar-refractivity contribution < 1.29 is 33.8 Å². The van der Waals surface area contributed by atoms with Crippen LogP contribution < -0.4 is 11.1 Å². The Morgan fingerprint density at radius 3 is 2.20 bits per heavy atom. The van der Waals surface area contributed by atoms with E-state index in [1.165, 1.54) is 17.0 Å². The summed E-state index contributed by atoms with van der Waals surface area (Å²) >= 11 is 0. The predicted molar refractivity (Wildman–Crippen MR) is 150 cm³/mol. The third-order valence-corrected chi connectivity index (χ3v) is 6.69. The third kappa shape index (κ3) is 8.15. The number of carbonyl (C=O) groups is 4. The van der Waals surface area contributed by atoms with E-state index in [-0.39, 0.29) is 31.9 Å². The molecule has 4 rings (SSSR count). The van der Waals surface area contributed by atoms with Crippen LogP contribution >= 0.6 is 0 Å². The molecule has 10 nitrogen and oxygen atoms in total. The quantitative estimate of drug-likeness (QED) is 0.214. The standard InChI is InChI=1S/C31H33N3O7/c1-2-40-31(39)28-27(41-28)30(38)34(17-16-20-8-12-23(13-9-20)22-6-4-3-5-7-22)19-26(36)33-25(29(32)37)18-21-10-14-24(35)15-11-21/h3-15,25,27-28,35H,2,16-19H2,1H3,(H2,32,37)(H,33,36)/t25-,27-,28-/m0/s1. The van der Waals surface area contributed by atoms with Gasteiger partial charge in [0.05, 0.1) is 13.2 Å². The van der Waals surface area contributed by atoms with Crippen molar-refractivity contribution in [3.8, 4) is 16.9 Å². The minimum atomic E-state index is -1.04. The number of amides is 3. The van der Waals surface area contributed by atoms with Crippen LogP contribution in [0, 0.1) is 0 Å². The van der Waals surface area contributed by atoms with Crippen molar-refractivity contribution in [3.05, 3.63) is 90.0 Å². The molecule has 10 heteroatoms. The van der Waals surface area contributed by atoms with E-state index in [1.54, 1.807) is 19.1 Å². The largest absolute Gasteiger partial charge is 0.508 e. The molecule has 0 saturated carbocycles. The highest BCUT2D eigenvalue weighted by atomic mass is 16.6. The number of epoxide rings is 1. The lowest BCUT2D eigenvalue weighted by Crippen LogP contribution is -2.50. The van der Waals surface area contributed by atoms with Crippen molar-refractivity contribution in [1.29, 1.82) is 0 Å². The maximum Gasteiger partial charge on any atom is 0.338 e. The van der Waals surface area contributed by atoms with Gasteiger partial charge in [0.1, 0.15) is 11.8 Å². The van der Waals surface area contributed by atoms with Gasteiger partial charge in [-0.1, -0.05) is 66.7 Å². The van der Waals surface area contributed by atoms with E-state index in [0.29, 0.717) is 12.0 Å². The average Bonchev–Trinajstić information content (AvgIpc) is 3.78. The zero-order valence-corrected chi connectivity index (χ0v) is 22.7. The lowest BCUT2D eigenvalue weighted by Gasteiger charge is -2.23. The minimum absolute atomic E-state index is 0.0701. The lowest BCUT2D eigenvalue weighted by atomic mass is 10.0. The Labute approximate surface area is 238 Å². The second-order valence-corrected chi connectivity index (χ2v) is 9.70. The summed E-state index contributed by atoms with van der Waals surface area (Å²) in [6, 6.07) is 23.0. The fraction of sp³-hybridized carbons (Fsp3) is 0.290. The molecular weight excluding hydrogens is 526 g/mol. The van der Waals surface area contributed by atoms with E-state index in [2.05, 4.69) is 5.32 Å². The van der Waals surface area contributed by atoms with Crippen molar-refractivity contribution in [3.63, 3.8) is 0 Å². The fourth-order valence-corrected chi connectivity index (χ4v) is 4.41. The number of phenols is 1. The van der Waals surface area contributed by atoms with Crippen LogP contribution in [0.4, 0.5) is 0 Å². The van der Waals surface area contributed by atoms with Crippen LogP contribution in [0.25, 0.3) is 11.1 Å². The lowest BCUT2D eigenvalue weighted by molar-refractivity contribution is -0.145. The van der Waals surface area contributed by atoms with Gasteiger partial charge in [0, 0.05) is 13.0 Å². The van der Waals surface area contributed by atoms with E-state index in [0.717, 1.165) is 16.7 Å². The summed E-state index contributed by atoms with van der Waals surface area (Å²) in [6.45, 7) is 1.62. The molecule has 0 aliphatic carbocycles. The van der Waals surface area contributed by atoms with E-state index in [1.807, 2.05) is 54.6 Å². The van der Waals surface area contributed by atoms with Gasteiger partial charge in [0.2, 0.25) is 11.8 Å². The second-order valence-electron chi connectivity index (χ2n) is 9.70. The summed E-state index contributed by atoms with van der Waals surface area (Å²) < 4.78 is 10.2. The van der Waals surface area contributed by atoms with Gasteiger partial charge in [0.15, 0.2) is 12.2 Å². The van der Waals surface area contributed by atoms with Gasteiger partial charge in [0.25, 0.3) is 5.91 Å². The first-order valence-electron chi connectivity index (χ1n) is 13.4. The molecule has 3 aromatic rings. The van der Waals surface area contributed by atoms with Crippen LogP contribution in [-0.2, 0) is 41.5 Å². The molecule has 214 valence electrons. The average molecular weight is 560 g/mol. The number of carbonyl (C=O) groups excluding carboxylic acids is 4. The number of rotatable bonds is 13. The number of nitrogens with zero attached hydrogens (tertiary/aromatic N) is 1. The van der Waals surface area contributed by atoms with E-state index in [4.69, 9.17) is 15.2 Å². The van der Waals surface area contributed by atoms with Crippen LogP contribution in [0.1, 0.15) is 18.1 Å². The summed E-state index contributed by atoms with van der Waals surface area (Å²) in [4.78, 5) is 51.7. The number of hydrogen-bond acceptors (Lipinski definition) is 7.